The summed E-state index contributed by atoms with van der Waals surface area (Å²) in [5, 5.41) is 3.06. The van der Waals surface area contributed by atoms with Crippen LogP contribution in [-0.2, 0) is 4.79 Å². The zero-order valence-electron chi connectivity index (χ0n) is 11.8. The Hall–Kier alpha value is -1.55. The molecule has 1 amide bonds. The van der Waals surface area contributed by atoms with Crippen LogP contribution in [0.15, 0.2) is 18.2 Å². The van der Waals surface area contributed by atoms with Crippen molar-refractivity contribution in [1.82, 2.24) is 5.32 Å². The van der Waals surface area contributed by atoms with Crippen LogP contribution < -0.4 is 15.8 Å². The normalized spacial score (nSPS) is 26.4. The van der Waals surface area contributed by atoms with Crippen molar-refractivity contribution in [3.05, 3.63) is 29.3 Å². The second kappa shape index (κ2) is 5.21. The molecule has 4 nitrogen and oxygen atoms in total. The number of rotatable bonds is 4. The molecule has 1 saturated carbocycles. The van der Waals surface area contributed by atoms with Crippen LogP contribution in [0.2, 0.25) is 0 Å². The zero-order chi connectivity index (χ0) is 14.0. The molecule has 0 spiro atoms. The summed E-state index contributed by atoms with van der Waals surface area (Å²) in [7, 11) is 1.78. The summed E-state index contributed by atoms with van der Waals surface area (Å²) >= 11 is 0. The molecule has 1 aromatic rings. The molecule has 2 unspecified atom stereocenters. The van der Waals surface area contributed by atoms with Crippen molar-refractivity contribution in [2.75, 3.05) is 7.05 Å². The van der Waals surface area contributed by atoms with Gasteiger partial charge in [-0.3, -0.25) is 4.79 Å². The molecule has 1 fully saturated rings. The molecular formula is C15H22N2O2. The smallest absolute Gasteiger partial charge is 0.237 e. The highest BCUT2D eigenvalue weighted by Crippen LogP contribution is 2.33. The number of aryl methyl sites for hydroxylation is 1. The maximum atomic E-state index is 11.6. The number of nitrogens with one attached hydrogen (secondary N) is 1. The quantitative estimate of drug-likeness (QED) is 0.867. The highest BCUT2D eigenvalue weighted by atomic mass is 16.5. The van der Waals surface area contributed by atoms with E-state index < -0.39 is 5.54 Å². The topological polar surface area (TPSA) is 64.3 Å². The van der Waals surface area contributed by atoms with Crippen molar-refractivity contribution in [3.8, 4) is 5.75 Å². The molecule has 1 aliphatic carbocycles. The van der Waals surface area contributed by atoms with Crippen LogP contribution in [0.4, 0.5) is 0 Å². The number of ether oxygens (including phenoxy) is 1. The lowest BCUT2D eigenvalue weighted by molar-refractivity contribution is -0.124. The van der Waals surface area contributed by atoms with Crippen molar-refractivity contribution in [3.63, 3.8) is 0 Å². The van der Waals surface area contributed by atoms with Gasteiger partial charge in [0, 0.05) is 6.42 Å². The van der Waals surface area contributed by atoms with Crippen molar-refractivity contribution in [2.45, 2.75) is 44.8 Å². The van der Waals surface area contributed by atoms with Crippen molar-refractivity contribution >= 4 is 5.91 Å². The summed E-state index contributed by atoms with van der Waals surface area (Å²) in [6, 6.07) is 6.04. The number of nitrogens with two attached hydrogens (primary N) is 1. The Morgan fingerprint density at radius 1 is 1.47 bits per heavy atom. The maximum Gasteiger partial charge on any atom is 0.237 e. The number of primary amides is 1. The van der Waals surface area contributed by atoms with Crippen LogP contribution in [0.3, 0.4) is 0 Å². The minimum absolute atomic E-state index is 0.0421. The Labute approximate surface area is 114 Å². The number of hydrogen-bond donors (Lipinski definition) is 2. The summed E-state index contributed by atoms with van der Waals surface area (Å²) in [5.74, 6) is 0.614. The predicted molar refractivity (Wildman–Crippen MR) is 75.2 cm³/mol. The number of likely N-dealkylation sites (N-methyl/N-ethyl adjacent to an activating group) is 1. The second-order valence-electron chi connectivity index (χ2n) is 5.38. The molecule has 104 valence electrons. The Bertz CT molecular complexity index is 487. The average Bonchev–Trinajstić information content (AvgIpc) is 2.80. The lowest BCUT2D eigenvalue weighted by Crippen LogP contribution is -2.52. The summed E-state index contributed by atoms with van der Waals surface area (Å²) in [5.41, 5.74) is 7.26. The average molecular weight is 262 g/mol. The van der Waals surface area contributed by atoms with Gasteiger partial charge in [0.15, 0.2) is 0 Å². The SMILES string of the molecule is CNC1(C(N)=O)CCC(Oc2cccc(C)c2C)C1. The van der Waals surface area contributed by atoms with E-state index in [1.807, 2.05) is 12.1 Å². The van der Waals surface area contributed by atoms with Gasteiger partial charge in [0.1, 0.15) is 17.4 Å². The van der Waals surface area contributed by atoms with Gasteiger partial charge in [-0.05, 0) is 50.9 Å². The first-order valence-electron chi connectivity index (χ1n) is 6.70. The van der Waals surface area contributed by atoms with Gasteiger partial charge in [0.2, 0.25) is 5.91 Å². The number of carbonyl (C=O) groups is 1. The third kappa shape index (κ3) is 2.59. The molecule has 0 aliphatic heterocycles. The van der Waals surface area contributed by atoms with Crippen molar-refractivity contribution < 1.29 is 9.53 Å². The van der Waals surface area contributed by atoms with Gasteiger partial charge >= 0.3 is 0 Å². The van der Waals surface area contributed by atoms with Crippen molar-refractivity contribution in [1.29, 1.82) is 0 Å². The van der Waals surface area contributed by atoms with Crippen LogP contribution >= 0.6 is 0 Å². The molecule has 1 aliphatic rings. The van der Waals surface area contributed by atoms with Crippen LogP contribution in [-0.4, -0.2) is 24.6 Å². The number of carbonyl (C=O) groups excluding carboxylic acids is 1. The Morgan fingerprint density at radius 2 is 2.21 bits per heavy atom. The Kier molecular flexibility index (Phi) is 3.80. The molecule has 2 rings (SSSR count). The zero-order valence-corrected chi connectivity index (χ0v) is 11.8. The van der Waals surface area contributed by atoms with E-state index in [-0.39, 0.29) is 12.0 Å². The Balaban J connectivity index is 2.10. The molecule has 3 N–H and O–H groups in total. The molecule has 0 saturated heterocycles. The van der Waals surface area contributed by atoms with Gasteiger partial charge in [-0.25, -0.2) is 0 Å². The van der Waals surface area contributed by atoms with E-state index in [0.717, 1.165) is 24.2 Å². The largest absolute Gasteiger partial charge is 0.490 e. The van der Waals surface area contributed by atoms with E-state index in [9.17, 15) is 4.79 Å². The summed E-state index contributed by atoms with van der Waals surface area (Å²) in [6.45, 7) is 4.12. The van der Waals surface area contributed by atoms with E-state index in [2.05, 4.69) is 25.2 Å². The van der Waals surface area contributed by atoms with E-state index >= 15 is 0 Å². The minimum Gasteiger partial charge on any atom is -0.490 e. The van der Waals surface area contributed by atoms with E-state index in [1.54, 1.807) is 7.05 Å². The fourth-order valence-corrected chi connectivity index (χ4v) is 2.71. The van der Waals surface area contributed by atoms with Gasteiger partial charge < -0.3 is 15.8 Å². The van der Waals surface area contributed by atoms with Gasteiger partial charge in [-0.15, -0.1) is 0 Å². The molecule has 1 aromatic carbocycles. The maximum absolute atomic E-state index is 11.6. The van der Waals surface area contributed by atoms with Gasteiger partial charge in [0.25, 0.3) is 0 Å². The van der Waals surface area contributed by atoms with E-state index in [0.29, 0.717) is 6.42 Å². The monoisotopic (exact) mass is 262 g/mol. The lowest BCUT2D eigenvalue weighted by atomic mass is 9.97. The minimum atomic E-state index is -0.609. The summed E-state index contributed by atoms with van der Waals surface area (Å²) in [6.07, 6.45) is 2.25. The van der Waals surface area contributed by atoms with Gasteiger partial charge in [-0.2, -0.15) is 0 Å². The predicted octanol–water partition coefficient (Wildman–Crippen LogP) is 1.68. The molecule has 0 aromatic heterocycles. The van der Waals surface area contributed by atoms with Crippen LogP contribution in [0.5, 0.6) is 5.75 Å². The number of benzene rings is 1. The first-order valence-corrected chi connectivity index (χ1v) is 6.70. The molecule has 0 bridgehead atoms. The van der Waals surface area contributed by atoms with E-state index in [4.69, 9.17) is 10.5 Å². The number of hydrogen-bond acceptors (Lipinski definition) is 3. The van der Waals surface area contributed by atoms with Gasteiger partial charge in [-0.1, -0.05) is 12.1 Å². The van der Waals surface area contributed by atoms with Crippen LogP contribution in [0.25, 0.3) is 0 Å². The summed E-state index contributed by atoms with van der Waals surface area (Å²) < 4.78 is 6.05. The fraction of sp³-hybridized carbons (Fsp3) is 0.533. The first kappa shape index (κ1) is 13.9. The second-order valence-corrected chi connectivity index (χ2v) is 5.38. The molecule has 19 heavy (non-hydrogen) atoms. The summed E-state index contributed by atoms with van der Waals surface area (Å²) in [4.78, 5) is 11.6. The van der Waals surface area contributed by atoms with Crippen LogP contribution in [0, 0.1) is 13.8 Å². The third-order valence-electron chi connectivity index (χ3n) is 4.27. The fourth-order valence-electron chi connectivity index (χ4n) is 2.71. The van der Waals surface area contributed by atoms with Gasteiger partial charge in [0.05, 0.1) is 0 Å². The highest BCUT2D eigenvalue weighted by molar-refractivity contribution is 5.85. The lowest BCUT2D eigenvalue weighted by Gasteiger charge is -2.25. The highest BCUT2D eigenvalue weighted by Gasteiger charge is 2.43. The van der Waals surface area contributed by atoms with Crippen molar-refractivity contribution in [2.24, 2.45) is 5.73 Å². The molecule has 0 heterocycles. The molecule has 4 heteroatoms. The van der Waals surface area contributed by atoms with Crippen LogP contribution in [0.1, 0.15) is 30.4 Å². The molecule has 2 atom stereocenters. The molecular weight excluding hydrogens is 240 g/mol. The third-order valence-corrected chi connectivity index (χ3v) is 4.27. The molecule has 0 radical (unpaired) electrons. The first-order chi connectivity index (χ1) is 8.98. The number of amides is 1. The van der Waals surface area contributed by atoms with E-state index in [1.165, 1.54) is 5.56 Å². The standard InChI is InChI=1S/C15H22N2O2/c1-10-5-4-6-13(11(10)2)19-12-7-8-15(9-12,17-3)14(16)18/h4-6,12,17H,7-9H2,1-3H3,(H2,16,18). The Morgan fingerprint density at radius 3 is 2.79 bits per heavy atom.